The summed E-state index contributed by atoms with van der Waals surface area (Å²) in [7, 11) is 0. The maximum Gasteiger partial charge on any atom is 0.190 e. The van der Waals surface area contributed by atoms with E-state index in [2.05, 4.69) is 17.0 Å². The number of hydrogen-bond acceptors (Lipinski definition) is 5. The Balaban J connectivity index is 1.95. The Labute approximate surface area is 145 Å². The zero-order valence-corrected chi connectivity index (χ0v) is 15.0. The predicted molar refractivity (Wildman–Crippen MR) is 97.2 cm³/mol. The number of nitrogens with zero attached hydrogens (tertiary/aromatic N) is 3. The van der Waals surface area contributed by atoms with E-state index in [1.165, 1.54) is 29.9 Å². The first-order valence-corrected chi connectivity index (χ1v) is 9.13. The van der Waals surface area contributed by atoms with E-state index >= 15 is 0 Å². The Morgan fingerprint density at radius 3 is 2.50 bits per heavy atom. The van der Waals surface area contributed by atoms with Crippen LogP contribution in [0, 0.1) is 6.92 Å². The molecule has 128 valence electrons. The average molecular weight is 345 g/mol. The fraction of sp³-hybridized carbons (Fsp3) is 0.444. The maximum absolute atomic E-state index is 11.8. The lowest BCUT2D eigenvalue weighted by atomic mass is 10.2. The van der Waals surface area contributed by atoms with E-state index in [0.717, 1.165) is 29.3 Å². The largest absolute Gasteiger partial charge is 0.395 e. The van der Waals surface area contributed by atoms with Gasteiger partial charge in [-0.2, -0.15) is 0 Å². The molecule has 0 bridgehead atoms. The Bertz CT molecular complexity index is 784. The van der Waals surface area contributed by atoms with Crippen molar-refractivity contribution in [2.24, 2.45) is 4.99 Å². The van der Waals surface area contributed by atoms with Crippen molar-refractivity contribution in [2.75, 3.05) is 24.6 Å². The zero-order valence-electron chi connectivity index (χ0n) is 14.2. The van der Waals surface area contributed by atoms with E-state index < -0.39 is 0 Å². The molecule has 0 aliphatic carbocycles. The Kier molecular flexibility index (Phi) is 5.16. The summed E-state index contributed by atoms with van der Waals surface area (Å²) in [6, 6.07) is 8.23. The molecule has 0 spiro atoms. The van der Waals surface area contributed by atoms with Crippen LogP contribution in [0.25, 0.3) is 0 Å². The van der Waals surface area contributed by atoms with Gasteiger partial charge in [0.05, 0.1) is 17.2 Å². The van der Waals surface area contributed by atoms with E-state index in [4.69, 9.17) is 4.99 Å². The number of ketones is 1. The van der Waals surface area contributed by atoms with Gasteiger partial charge in [-0.15, -0.1) is 0 Å². The number of carbonyl (C=O) groups is 1. The average Bonchev–Trinajstić information content (AvgIpc) is 3.19. The third-order valence-electron chi connectivity index (χ3n) is 4.35. The second kappa shape index (κ2) is 7.32. The number of aromatic nitrogens is 1. The van der Waals surface area contributed by atoms with Gasteiger partial charge in [0.1, 0.15) is 0 Å². The first kappa shape index (κ1) is 16.9. The molecular weight excluding hydrogens is 322 g/mol. The van der Waals surface area contributed by atoms with Gasteiger partial charge in [-0.25, -0.2) is 4.99 Å². The van der Waals surface area contributed by atoms with Crippen LogP contribution in [-0.2, 0) is 6.54 Å². The Hall–Kier alpha value is -1.92. The van der Waals surface area contributed by atoms with Crippen molar-refractivity contribution in [3.05, 3.63) is 39.6 Å². The minimum Gasteiger partial charge on any atom is -0.395 e. The topological polar surface area (TPSA) is 57.8 Å². The van der Waals surface area contributed by atoms with Gasteiger partial charge in [0.25, 0.3) is 0 Å². The Morgan fingerprint density at radius 1 is 1.25 bits per heavy atom. The van der Waals surface area contributed by atoms with E-state index in [1.54, 1.807) is 6.92 Å². The molecule has 1 aliphatic rings. The van der Waals surface area contributed by atoms with Crippen LogP contribution in [0.5, 0.6) is 0 Å². The summed E-state index contributed by atoms with van der Waals surface area (Å²) < 4.78 is 1.91. The molecule has 1 N–H and O–H groups in total. The molecule has 1 aromatic heterocycles. The molecule has 0 radical (unpaired) electrons. The van der Waals surface area contributed by atoms with Crippen molar-refractivity contribution in [3.8, 4) is 0 Å². The lowest BCUT2D eigenvalue weighted by molar-refractivity contribution is 0.102. The number of benzene rings is 1. The number of anilines is 1. The second-order valence-electron chi connectivity index (χ2n) is 6.05. The van der Waals surface area contributed by atoms with Gasteiger partial charge in [0.15, 0.2) is 10.6 Å². The number of aliphatic hydroxyl groups excluding tert-OH is 1. The fourth-order valence-electron chi connectivity index (χ4n) is 3.08. The molecule has 3 rings (SSSR count). The number of hydrogen-bond donors (Lipinski definition) is 1. The molecule has 2 heterocycles. The molecule has 0 unspecified atom stereocenters. The van der Waals surface area contributed by atoms with Crippen molar-refractivity contribution in [3.63, 3.8) is 0 Å². The van der Waals surface area contributed by atoms with Gasteiger partial charge >= 0.3 is 0 Å². The molecule has 0 saturated carbocycles. The van der Waals surface area contributed by atoms with Crippen LogP contribution in [0.1, 0.15) is 35.1 Å². The van der Waals surface area contributed by atoms with E-state index in [1.807, 2.05) is 23.6 Å². The molecule has 2 aromatic rings. The first-order valence-electron chi connectivity index (χ1n) is 8.32. The van der Waals surface area contributed by atoms with Gasteiger partial charge in [-0.05, 0) is 44.0 Å². The van der Waals surface area contributed by atoms with Crippen LogP contribution in [0.2, 0.25) is 0 Å². The smallest absolute Gasteiger partial charge is 0.190 e. The highest BCUT2D eigenvalue weighted by atomic mass is 32.1. The lowest BCUT2D eigenvalue weighted by Crippen LogP contribution is -2.18. The van der Waals surface area contributed by atoms with Crippen molar-refractivity contribution in [2.45, 2.75) is 33.2 Å². The van der Waals surface area contributed by atoms with Crippen molar-refractivity contribution < 1.29 is 9.90 Å². The Morgan fingerprint density at radius 2 is 1.92 bits per heavy atom. The summed E-state index contributed by atoms with van der Waals surface area (Å²) in [5.74, 6) is 0.0371. The van der Waals surface area contributed by atoms with Gasteiger partial charge in [0.2, 0.25) is 0 Å². The van der Waals surface area contributed by atoms with E-state index in [0.29, 0.717) is 11.4 Å². The molecule has 5 nitrogen and oxygen atoms in total. The zero-order chi connectivity index (χ0) is 17.1. The number of carbonyl (C=O) groups excluding carboxylic acids is 1. The molecule has 0 atom stereocenters. The summed E-state index contributed by atoms with van der Waals surface area (Å²) in [5, 5.41) is 9.29. The number of Topliss-reactive ketones (excluding diaryl/α,β-unsaturated/α-hetero) is 1. The van der Waals surface area contributed by atoms with Gasteiger partial charge in [-0.3, -0.25) is 4.79 Å². The summed E-state index contributed by atoms with van der Waals surface area (Å²) in [6.45, 7) is 6.18. The van der Waals surface area contributed by atoms with Crippen LogP contribution in [-0.4, -0.2) is 35.2 Å². The molecule has 6 heteroatoms. The van der Waals surface area contributed by atoms with E-state index in [9.17, 15) is 9.90 Å². The summed E-state index contributed by atoms with van der Waals surface area (Å²) in [4.78, 5) is 20.3. The summed E-state index contributed by atoms with van der Waals surface area (Å²) >= 11 is 1.38. The highest BCUT2D eigenvalue weighted by molar-refractivity contribution is 7.11. The van der Waals surface area contributed by atoms with Crippen LogP contribution in [0.4, 0.5) is 11.4 Å². The standard InChI is InChI=1S/C18H23N3O2S/c1-13-17(14(2)23)24-18(21(13)11-12-22)19-15-5-7-16(8-6-15)20-9-3-4-10-20/h5-8,22H,3-4,9-12H2,1-2H3. The van der Waals surface area contributed by atoms with Gasteiger partial charge in [-0.1, -0.05) is 11.3 Å². The van der Waals surface area contributed by atoms with Crippen molar-refractivity contribution >= 4 is 28.5 Å². The van der Waals surface area contributed by atoms with Crippen LogP contribution in [0.3, 0.4) is 0 Å². The first-order chi connectivity index (χ1) is 11.6. The lowest BCUT2D eigenvalue weighted by Gasteiger charge is -2.17. The normalized spacial score (nSPS) is 15.3. The monoisotopic (exact) mass is 345 g/mol. The van der Waals surface area contributed by atoms with Crippen molar-refractivity contribution in [1.29, 1.82) is 0 Å². The molecule has 24 heavy (non-hydrogen) atoms. The van der Waals surface area contributed by atoms with Crippen LogP contribution >= 0.6 is 11.3 Å². The molecule has 1 saturated heterocycles. The maximum atomic E-state index is 11.8. The fourth-order valence-corrected chi connectivity index (χ4v) is 4.16. The second-order valence-corrected chi connectivity index (χ2v) is 7.03. The van der Waals surface area contributed by atoms with Crippen molar-refractivity contribution in [1.82, 2.24) is 4.57 Å². The van der Waals surface area contributed by atoms with Gasteiger partial charge < -0.3 is 14.6 Å². The predicted octanol–water partition coefficient (Wildman–Crippen LogP) is 2.89. The highest BCUT2D eigenvalue weighted by Gasteiger charge is 2.14. The molecule has 1 fully saturated rings. The third kappa shape index (κ3) is 3.44. The van der Waals surface area contributed by atoms with E-state index in [-0.39, 0.29) is 12.4 Å². The van der Waals surface area contributed by atoms with Crippen LogP contribution < -0.4 is 9.70 Å². The molecule has 1 aliphatic heterocycles. The third-order valence-corrected chi connectivity index (χ3v) is 5.63. The molecular formula is C18H23N3O2S. The van der Waals surface area contributed by atoms with Crippen LogP contribution in [0.15, 0.2) is 29.3 Å². The summed E-state index contributed by atoms with van der Waals surface area (Å²) in [5.41, 5.74) is 2.97. The highest BCUT2D eigenvalue weighted by Crippen LogP contribution is 2.23. The SMILES string of the molecule is CC(=O)c1sc(=Nc2ccc(N3CCCC3)cc2)n(CCO)c1C. The summed E-state index contributed by atoms with van der Waals surface area (Å²) in [6.07, 6.45) is 2.52. The quantitative estimate of drug-likeness (QED) is 0.848. The number of thiazole rings is 1. The minimum atomic E-state index is 0.0238. The number of rotatable bonds is 5. The van der Waals surface area contributed by atoms with Gasteiger partial charge in [0, 0.05) is 37.9 Å². The number of aliphatic hydroxyl groups is 1. The minimum absolute atomic E-state index is 0.0238. The molecule has 1 aromatic carbocycles. The molecule has 0 amide bonds.